The molecule has 1 N–H and O–H groups in total. The summed E-state index contributed by atoms with van der Waals surface area (Å²) < 4.78 is 11.3. The third kappa shape index (κ3) is 5.66. The van der Waals surface area contributed by atoms with Crippen molar-refractivity contribution in [3.8, 4) is 11.5 Å². The van der Waals surface area contributed by atoms with E-state index < -0.39 is 23.5 Å². The Morgan fingerprint density at radius 3 is 2.32 bits per heavy atom. The summed E-state index contributed by atoms with van der Waals surface area (Å²) >= 11 is 12.5. The van der Waals surface area contributed by atoms with E-state index in [1.54, 1.807) is 0 Å². The summed E-state index contributed by atoms with van der Waals surface area (Å²) in [6, 6.07) is 16.9. The first-order valence-electron chi connectivity index (χ1n) is 12.1. The van der Waals surface area contributed by atoms with Crippen molar-refractivity contribution in [1.29, 1.82) is 0 Å². The molecule has 0 aliphatic carbocycles. The van der Waals surface area contributed by atoms with Crippen LogP contribution in [-0.4, -0.2) is 34.4 Å². The number of aryl methyl sites for hydroxylation is 1. The standard InChI is InChI=1S/C30H29Cl2NO5/c1-17-7-6-8-19(13-17)25-24(26(34)22-14-20(31)15-23(32)28(22)37-5)27(35)29(36)33(25)16-18-9-11-21(12-10-18)38-30(2,3)4/h6-15,25,34H,16H2,1-5H3/b26-24+. The first-order chi connectivity index (χ1) is 17.9. The second-order valence-electron chi connectivity index (χ2n) is 10.2. The van der Waals surface area contributed by atoms with Crippen molar-refractivity contribution in [2.75, 3.05) is 7.11 Å². The SMILES string of the molecule is COc1c(Cl)cc(Cl)cc1/C(O)=C1\C(=O)C(=O)N(Cc2ccc(OC(C)(C)C)cc2)C1c1cccc(C)c1. The zero-order valence-electron chi connectivity index (χ0n) is 21.8. The van der Waals surface area contributed by atoms with Crippen molar-refractivity contribution >= 4 is 40.7 Å². The molecule has 1 aliphatic heterocycles. The zero-order chi connectivity index (χ0) is 27.8. The molecular weight excluding hydrogens is 525 g/mol. The quantitative estimate of drug-likeness (QED) is 0.200. The highest BCUT2D eigenvalue weighted by molar-refractivity contribution is 6.46. The third-order valence-electron chi connectivity index (χ3n) is 6.07. The van der Waals surface area contributed by atoms with Crippen molar-refractivity contribution < 1.29 is 24.2 Å². The number of Topliss-reactive ketones (excluding diaryl/α,β-unsaturated/α-hetero) is 1. The number of amides is 1. The Balaban J connectivity index is 1.83. The number of nitrogens with zero attached hydrogens (tertiary/aromatic N) is 1. The van der Waals surface area contributed by atoms with Crippen LogP contribution in [0.2, 0.25) is 10.0 Å². The van der Waals surface area contributed by atoms with Gasteiger partial charge in [-0.3, -0.25) is 9.59 Å². The number of ketones is 1. The highest BCUT2D eigenvalue weighted by atomic mass is 35.5. The van der Waals surface area contributed by atoms with Crippen LogP contribution in [0.1, 0.15) is 49.1 Å². The van der Waals surface area contributed by atoms with E-state index in [0.717, 1.165) is 11.1 Å². The molecule has 3 aromatic carbocycles. The minimum atomic E-state index is -0.845. The van der Waals surface area contributed by atoms with Gasteiger partial charge in [-0.25, -0.2) is 0 Å². The number of benzene rings is 3. The van der Waals surface area contributed by atoms with E-state index in [1.165, 1.54) is 24.1 Å². The molecule has 0 spiro atoms. The third-order valence-corrected chi connectivity index (χ3v) is 6.56. The van der Waals surface area contributed by atoms with Crippen molar-refractivity contribution in [2.45, 2.75) is 45.9 Å². The first-order valence-corrected chi connectivity index (χ1v) is 12.8. The molecule has 3 aromatic rings. The molecule has 1 aliphatic rings. The van der Waals surface area contributed by atoms with Crippen molar-refractivity contribution in [2.24, 2.45) is 0 Å². The summed E-state index contributed by atoms with van der Waals surface area (Å²) in [5.41, 5.74) is 2.14. The molecule has 1 saturated heterocycles. The van der Waals surface area contributed by atoms with E-state index in [4.69, 9.17) is 32.7 Å². The normalized spacial score (nSPS) is 17.1. The van der Waals surface area contributed by atoms with Crippen molar-refractivity contribution in [3.05, 3.63) is 98.5 Å². The van der Waals surface area contributed by atoms with Gasteiger partial charge < -0.3 is 19.5 Å². The fourth-order valence-electron chi connectivity index (χ4n) is 4.53. The van der Waals surface area contributed by atoms with E-state index in [-0.39, 0.29) is 39.1 Å². The second-order valence-corrected chi connectivity index (χ2v) is 11.0. The topological polar surface area (TPSA) is 76.1 Å². The highest BCUT2D eigenvalue weighted by Gasteiger charge is 2.46. The lowest BCUT2D eigenvalue weighted by atomic mass is 9.94. The van der Waals surface area contributed by atoms with Gasteiger partial charge in [-0.15, -0.1) is 0 Å². The lowest BCUT2D eigenvalue weighted by Crippen LogP contribution is -2.29. The number of hydrogen-bond donors (Lipinski definition) is 1. The summed E-state index contributed by atoms with van der Waals surface area (Å²) in [7, 11) is 1.40. The summed E-state index contributed by atoms with van der Waals surface area (Å²) in [5.74, 6) is -1.09. The molecule has 1 atom stereocenters. The van der Waals surface area contributed by atoms with Crippen molar-refractivity contribution in [3.63, 3.8) is 0 Å². The molecule has 1 amide bonds. The average Bonchev–Trinajstić information content (AvgIpc) is 3.08. The molecule has 198 valence electrons. The summed E-state index contributed by atoms with van der Waals surface area (Å²) in [4.78, 5) is 28.3. The van der Waals surface area contributed by atoms with E-state index in [1.807, 2.05) is 76.2 Å². The fraction of sp³-hybridized carbons (Fsp3) is 0.267. The van der Waals surface area contributed by atoms with Crippen LogP contribution in [0, 0.1) is 6.92 Å². The molecule has 0 radical (unpaired) electrons. The van der Waals surface area contributed by atoms with Gasteiger partial charge in [0.25, 0.3) is 11.7 Å². The van der Waals surface area contributed by atoms with Gasteiger partial charge in [-0.05, 0) is 63.1 Å². The van der Waals surface area contributed by atoms with Crippen LogP contribution in [0.4, 0.5) is 0 Å². The van der Waals surface area contributed by atoms with Gasteiger partial charge in [0.05, 0.1) is 29.3 Å². The Labute approximate surface area is 232 Å². The molecule has 38 heavy (non-hydrogen) atoms. The summed E-state index contributed by atoms with van der Waals surface area (Å²) in [6.45, 7) is 7.95. The number of carbonyl (C=O) groups excluding carboxylic acids is 2. The van der Waals surface area contributed by atoms with Gasteiger partial charge >= 0.3 is 0 Å². The van der Waals surface area contributed by atoms with Gasteiger partial charge in [0.2, 0.25) is 0 Å². The summed E-state index contributed by atoms with van der Waals surface area (Å²) in [6.07, 6.45) is 0. The monoisotopic (exact) mass is 553 g/mol. The van der Waals surface area contributed by atoms with Crippen LogP contribution in [0.3, 0.4) is 0 Å². The van der Waals surface area contributed by atoms with Crippen LogP contribution in [0.5, 0.6) is 11.5 Å². The molecule has 1 heterocycles. The zero-order valence-corrected chi connectivity index (χ0v) is 23.4. The highest BCUT2D eigenvalue weighted by Crippen LogP contribution is 2.44. The molecule has 6 nitrogen and oxygen atoms in total. The number of rotatable bonds is 6. The van der Waals surface area contributed by atoms with E-state index in [9.17, 15) is 14.7 Å². The number of aliphatic hydroxyl groups is 1. The minimum absolute atomic E-state index is 0.0649. The molecule has 8 heteroatoms. The fourth-order valence-corrected chi connectivity index (χ4v) is 5.10. The van der Waals surface area contributed by atoms with Crippen LogP contribution in [0.25, 0.3) is 5.76 Å². The second kappa shape index (κ2) is 10.7. The Morgan fingerprint density at radius 1 is 1.03 bits per heavy atom. The Bertz CT molecular complexity index is 1420. The van der Waals surface area contributed by atoms with E-state index >= 15 is 0 Å². The van der Waals surface area contributed by atoms with Crippen molar-refractivity contribution in [1.82, 2.24) is 4.90 Å². The molecule has 0 saturated carbocycles. The molecule has 4 rings (SSSR count). The molecule has 0 bridgehead atoms. The smallest absolute Gasteiger partial charge is 0.295 e. The number of likely N-dealkylation sites (tertiary alicyclic amines) is 1. The predicted octanol–water partition coefficient (Wildman–Crippen LogP) is 7.11. The number of aliphatic hydroxyl groups excluding tert-OH is 1. The van der Waals surface area contributed by atoms with Gasteiger partial charge in [0, 0.05) is 11.6 Å². The first kappa shape index (κ1) is 27.6. The van der Waals surface area contributed by atoms with Crippen LogP contribution in [0.15, 0.2) is 66.2 Å². The average molecular weight is 554 g/mol. The largest absolute Gasteiger partial charge is 0.507 e. The number of carbonyl (C=O) groups is 2. The summed E-state index contributed by atoms with van der Waals surface area (Å²) in [5, 5.41) is 11.9. The Morgan fingerprint density at radius 2 is 1.71 bits per heavy atom. The van der Waals surface area contributed by atoms with Crippen LogP contribution in [-0.2, 0) is 16.1 Å². The molecule has 0 aromatic heterocycles. The molecule has 1 fully saturated rings. The van der Waals surface area contributed by atoms with Gasteiger partial charge in [0.1, 0.15) is 22.9 Å². The number of ether oxygens (including phenoxy) is 2. The number of hydrogen-bond acceptors (Lipinski definition) is 5. The van der Waals surface area contributed by atoms with Crippen LogP contribution >= 0.6 is 23.2 Å². The number of halogens is 2. The van der Waals surface area contributed by atoms with E-state index in [0.29, 0.717) is 11.3 Å². The van der Waals surface area contributed by atoms with Crippen LogP contribution < -0.4 is 9.47 Å². The van der Waals surface area contributed by atoms with Gasteiger partial charge in [-0.1, -0.05) is 65.2 Å². The lowest BCUT2D eigenvalue weighted by molar-refractivity contribution is -0.140. The lowest BCUT2D eigenvalue weighted by Gasteiger charge is -2.26. The minimum Gasteiger partial charge on any atom is -0.507 e. The number of methoxy groups -OCH3 is 1. The Kier molecular flexibility index (Phi) is 7.77. The van der Waals surface area contributed by atoms with E-state index in [2.05, 4.69) is 0 Å². The molecule has 1 unspecified atom stereocenters. The predicted molar refractivity (Wildman–Crippen MR) is 149 cm³/mol. The van der Waals surface area contributed by atoms with Gasteiger partial charge in [-0.2, -0.15) is 0 Å². The maximum atomic E-state index is 13.4. The molecular formula is C30H29Cl2NO5. The maximum Gasteiger partial charge on any atom is 0.295 e. The Hall–Kier alpha value is -3.48. The van der Waals surface area contributed by atoms with Gasteiger partial charge in [0.15, 0.2) is 0 Å². The maximum absolute atomic E-state index is 13.4.